The Bertz CT molecular complexity index is 568. The van der Waals surface area contributed by atoms with Crippen LogP contribution < -0.4 is 11.2 Å². The zero-order chi connectivity index (χ0) is 9.42. The highest BCUT2D eigenvalue weighted by Gasteiger charge is 2.01. The Kier molecular flexibility index (Phi) is 1.48. The molecule has 6 nitrogen and oxygen atoms in total. The van der Waals surface area contributed by atoms with Crippen molar-refractivity contribution < 1.29 is 0 Å². The highest BCUT2D eigenvalue weighted by Crippen LogP contribution is 1.99. The summed E-state index contributed by atoms with van der Waals surface area (Å²) >= 11 is 0. The molecule has 2 rings (SSSR count). The van der Waals surface area contributed by atoms with Gasteiger partial charge in [0.05, 0.1) is 11.1 Å². The second kappa shape index (κ2) is 2.51. The molecule has 0 aliphatic carbocycles. The van der Waals surface area contributed by atoms with E-state index in [-0.39, 0.29) is 5.65 Å². The van der Waals surface area contributed by atoms with E-state index in [0.29, 0.717) is 11.1 Å². The van der Waals surface area contributed by atoms with E-state index in [1.165, 1.54) is 0 Å². The van der Waals surface area contributed by atoms with Crippen LogP contribution in [-0.2, 0) is 0 Å². The maximum atomic E-state index is 11.2. The molecule has 0 saturated heterocycles. The predicted molar refractivity (Wildman–Crippen MR) is 45.5 cm³/mol. The Balaban J connectivity index is 3.04. The van der Waals surface area contributed by atoms with Crippen LogP contribution in [0.4, 0.5) is 0 Å². The second-order valence-corrected chi connectivity index (χ2v) is 2.66. The van der Waals surface area contributed by atoms with Gasteiger partial charge in [-0.2, -0.15) is 5.10 Å². The number of nitrogens with one attached hydrogen (secondary N) is 2. The first-order valence-corrected chi connectivity index (χ1v) is 3.63. The lowest BCUT2D eigenvalue weighted by atomic mass is 10.3. The van der Waals surface area contributed by atoms with Gasteiger partial charge in [-0.3, -0.25) is 14.8 Å². The molecule has 0 unspecified atom stereocenters. The molecule has 66 valence electrons. The fraction of sp³-hybridized carbons (Fsp3) is 0.143. The minimum Gasteiger partial charge on any atom is -0.290 e. The Labute approximate surface area is 71.6 Å². The zero-order valence-electron chi connectivity index (χ0n) is 6.79. The van der Waals surface area contributed by atoms with Crippen LogP contribution in [0.5, 0.6) is 0 Å². The van der Waals surface area contributed by atoms with Crippen molar-refractivity contribution in [1.29, 1.82) is 0 Å². The van der Waals surface area contributed by atoms with Crippen LogP contribution >= 0.6 is 0 Å². The van der Waals surface area contributed by atoms with Crippen molar-refractivity contribution in [1.82, 2.24) is 20.2 Å². The van der Waals surface area contributed by atoms with E-state index in [2.05, 4.69) is 20.2 Å². The van der Waals surface area contributed by atoms with Gasteiger partial charge in [0, 0.05) is 0 Å². The first-order chi connectivity index (χ1) is 6.16. The number of fused-ring (bicyclic) bond motifs is 1. The van der Waals surface area contributed by atoms with E-state index in [0.717, 1.165) is 0 Å². The van der Waals surface area contributed by atoms with Gasteiger partial charge in [-0.05, 0) is 13.0 Å². The van der Waals surface area contributed by atoms with Gasteiger partial charge < -0.3 is 0 Å². The number of H-pyrrole nitrogens is 2. The molecule has 0 atom stereocenters. The Morgan fingerprint density at radius 2 is 2.00 bits per heavy atom. The maximum Gasteiger partial charge on any atom is 0.327 e. The average Bonchev–Trinajstić information content (AvgIpc) is 2.06. The van der Waals surface area contributed by atoms with Crippen LogP contribution in [0, 0.1) is 6.92 Å². The SMILES string of the molecule is Cc1cc2c(=O)[nH]c(=O)[nH]c2nn1. The zero-order valence-corrected chi connectivity index (χ0v) is 6.79. The highest BCUT2D eigenvalue weighted by atomic mass is 16.2. The quantitative estimate of drug-likeness (QED) is 0.558. The van der Waals surface area contributed by atoms with Gasteiger partial charge in [-0.15, -0.1) is 5.10 Å². The first kappa shape index (κ1) is 7.66. The molecule has 0 spiro atoms. The van der Waals surface area contributed by atoms with E-state index in [1.807, 2.05) is 0 Å². The molecule has 6 heteroatoms. The number of hydrogen-bond acceptors (Lipinski definition) is 4. The van der Waals surface area contributed by atoms with Crippen LogP contribution in [0.3, 0.4) is 0 Å². The number of aryl methyl sites for hydroxylation is 1. The summed E-state index contributed by atoms with van der Waals surface area (Å²) < 4.78 is 0. The molecule has 0 aromatic carbocycles. The minimum absolute atomic E-state index is 0.208. The third kappa shape index (κ3) is 1.22. The maximum absolute atomic E-state index is 11.2. The molecule has 2 heterocycles. The summed E-state index contributed by atoms with van der Waals surface area (Å²) in [5, 5.41) is 7.73. The van der Waals surface area contributed by atoms with Crippen LogP contribution in [0.1, 0.15) is 5.69 Å². The molecule has 0 saturated carbocycles. The van der Waals surface area contributed by atoms with Crippen molar-refractivity contribution in [2.24, 2.45) is 0 Å². The van der Waals surface area contributed by atoms with Gasteiger partial charge in [-0.1, -0.05) is 0 Å². The van der Waals surface area contributed by atoms with Gasteiger partial charge in [-0.25, -0.2) is 4.79 Å². The van der Waals surface area contributed by atoms with Crippen molar-refractivity contribution >= 4 is 11.0 Å². The predicted octanol–water partition coefficient (Wildman–Crippen LogP) is -0.685. The van der Waals surface area contributed by atoms with Gasteiger partial charge in [0.2, 0.25) is 0 Å². The van der Waals surface area contributed by atoms with Crippen molar-refractivity contribution in [2.45, 2.75) is 6.92 Å². The van der Waals surface area contributed by atoms with Gasteiger partial charge in [0.1, 0.15) is 0 Å². The third-order valence-electron chi connectivity index (χ3n) is 1.62. The molecule has 0 bridgehead atoms. The Morgan fingerprint density at radius 1 is 1.23 bits per heavy atom. The van der Waals surface area contributed by atoms with Crippen molar-refractivity contribution in [3.05, 3.63) is 32.6 Å². The fourth-order valence-electron chi connectivity index (χ4n) is 1.06. The van der Waals surface area contributed by atoms with Crippen molar-refractivity contribution in [3.8, 4) is 0 Å². The minimum atomic E-state index is -0.573. The molecular weight excluding hydrogens is 172 g/mol. The summed E-state index contributed by atoms with van der Waals surface area (Å²) in [5.41, 5.74) is -0.184. The number of hydrogen-bond donors (Lipinski definition) is 2. The number of rotatable bonds is 0. The fourth-order valence-corrected chi connectivity index (χ4v) is 1.06. The molecule has 0 amide bonds. The molecule has 2 aromatic heterocycles. The normalized spacial score (nSPS) is 10.5. The third-order valence-corrected chi connectivity index (χ3v) is 1.62. The standard InChI is InChI=1S/C7H6N4O2/c1-3-2-4-5(11-10-3)8-7(13)9-6(4)12/h2H,1H3,(H2,8,9,11,12,13). The smallest absolute Gasteiger partial charge is 0.290 e. The van der Waals surface area contributed by atoms with Gasteiger partial charge in [0.25, 0.3) is 5.56 Å². The summed E-state index contributed by atoms with van der Waals surface area (Å²) in [7, 11) is 0. The van der Waals surface area contributed by atoms with Crippen LogP contribution in [0.15, 0.2) is 15.7 Å². The van der Waals surface area contributed by atoms with Crippen LogP contribution in [0.2, 0.25) is 0 Å². The second-order valence-electron chi connectivity index (χ2n) is 2.66. The lowest BCUT2D eigenvalue weighted by molar-refractivity contribution is 0.969. The summed E-state index contributed by atoms with van der Waals surface area (Å²) in [5.74, 6) is 0. The first-order valence-electron chi connectivity index (χ1n) is 3.63. The van der Waals surface area contributed by atoms with E-state index in [9.17, 15) is 9.59 Å². The monoisotopic (exact) mass is 178 g/mol. The topological polar surface area (TPSA) is 91.5 Å². The Morgan fingerprint density at radius 3 is 2.77 bits per heavy atom. The van der Waals surface area contributed by atoms with Gasteiger partial charge in [0.15, 0.2) is 5.65 Å². The average molecular weight is 178 g/mol. The van der Waals surface area contributed by atoms with Gasteiger partial charge >= 0.3 is 5.69 Å². The van der Waals surface area contributed by atoms with E-state index >= 15 is 0 Å². The lowest BCUT2D eigenvalue weighted by Crippen LogP contribution is -2.22. The summed E-state index contributed by atoms with van der Waals surface area (Å²) in [4.78, 5) is 26.5. The summed E-state index contributed by atoms with van der Waals surface area (Å²) in [6.45, 7) is 1.72. The largest absolute Gasteiger partial charge is 0.327 e. The molecule has 0 fully saturated rings. The number of nitrogens with zero attached hydrogens (tertiary/aromatic N) is 2. The number of aromatic nitrogens is 4. The Hall–Kier alpha value is -1.98. The van der Waals surface area contributed by atoms with Crippen LogP contribution in [0.25, 0.3) is 11.0 Å². The molecule has 0 radical (unpaired) electrons. The number of aromatic amines is 2. The molecule has 0 aliphatic rings. The molecule has 13 heavy (non-hydrogen) atoms. The summed E-state index contributed by atoms with van der Waals surface area (Å²) in [6, 6.07) is 1.57. The lowest BCUT2D eigenvalue weighted by Gasteiger charge is -1.94. The van der Waals surface area contributed by atoms with E-state index in [1.54, 1.807) is 13.0 Å². The molecular formula is C7H6N4O2. The van der Waals surface area contributed by atoms with Crippen molar-refractivity contribution in [3.63, 3.8) is 0 Å². The molecule has 0 aliphatic heterocycles. The summed E-state index contributed by atoms with van der Waals surface area (Å²) in [6.07, 6.45) is 0. The van der Waals surface area contributed by atoms with E-state index in [4.69, 9.17) is 0 Å². The highest BCUT2D eigenvalue weighted by molar-refractivity contribution is 5.72. The van der Waals surface area contributed by atoms with E-state index < -0.39 is 11.2 Å². The van der Waals surface area contributed by atoms with Crippen LogP contribution in [-0.4, -0.2) is 20.2 Å². The van der Waals surface area contributed by atoms with Crippen molar-refractivity contribution in [2.75, 3.05) is 0 Å². The molecule has 2 aromatic rings. The molecule has 2 N–H and O–H groups in total.